The number of nitrogens with one attached hydrogen (secondary N) is 1. The SMILES string of the molecule is CCc1ccc(C2CC(C(=O)NC(C)CC)CN(Cc3cccc(OC)c3)C2)cc1. The number of amides is 1. The van der Waals surface area contributed by atoms with Gasteiger partial charge in [-0.15, -0.1) is 0 Å². The Balaban J connectivity index is 1.79. The van der Waals surface area contributed by atoms with E-state index in [4.69, 9.17) is 4.74 Å². The lowest BCUT2D eigenvalue weighted by Crippen LogP contribution is -2.47. The third-order valence-electron chi connectivity index (χ3n) is 6.30. The molecule has 3 unspecified atom stereocenters. The molecule has 0 aromatic heterocycles. The first-order valence-corrected chi connectivity index (χ1v) is 11.3. The van der Waals surface area contributed by atoms with Gasteiger partial charge in [-0.05, 0) is 60.9 Å². The second-order valence-corrected chi connectivity index (χ2v) is 8.59. The molecule has 1 N–H and O–H groups in total. The highest BCUT2D eigenvalue weighted by Crippen LogP contribution is 2.32. The first kappa shape index (κ1) is 22.4. The van der Waals surface area contributed by atoms with Gasteiger partial charge in [0.2, 0.25) is 5.91 Å². The van der Waals surface area contributed by atoms with Gasteiger partial charge in [0.15, 0.2) is 0 Å². The molecule has 1 aliphatic rings. The lowest BCUT2D eigenvalue weighted by molar-refractivity contribution is -0.127. The van der Waals surface area contributed by atoms with Crippen molar-refractivity contribution in [2.75, 3.05) is 20.2 Å². The third kappa shape index (κ3) is 5.85. The van der Waals surface area contributed by atoms with Crippen molar-refractivity contribution in [1.29, 1.82) is 0 Å². The van der Waals surface area contributed by atoms with Crippen molar-refractivity contribution in [1.82, 2.24) is 10.2 Å². The van der Waals surface area contributed by atoms with Crippen LogP contribution in [0.5, 0.6) is 5.75 Å². The van der Waals surface area contributed by atoms with Crippen molar-refractivity contribution < 1.29 is 9.53 Å². The number of carbonyl (C=O) groups excluding carboxylic acids is 1. The number of aryl methyl sites for hydroxylation is 1. The topological polar surface area (TPSA) is 41.6 Å². The van der Waals surface area contributed by atoms with Crippen molar-refractivity contribution in [2.24, 2.45) is 5.92 Å². The number of nitrogens with zero attached hydrogens (tertiary/aromatic N) is 1. The van der Waals surface area contributed by atoms with Gasteiger partial charge in [-0.3, -0.25) is 9.69 Å². The molecule has 4 nitrogen and oxygen atoms in total. The molecule has 0 radical (unpaired) electrons. The monoisotopic (exact) mass is 408 g/mol. The Morgan fingerprint density at radius 2 is 1.90 bits per heavy atom. The number of rotatable bonds is 8. The predicted molar refractivity (Wildman–Crippen MR) is 123 cm³/mol. The van der Waals surface area contributed by atoms with Gasteiger partial charge in [-0.25, -0.2) is 0 Å². The number of methoxy groups -OCH3 is 1. The molecule has 2 aromatic rings. The Morgan fingerprint density at radius 1 is 1.13 bits per heavy atom. The first-order chi connectivity index (χ1) is 14.5. The van der Waals surface area contributed by atoms with Crippen LogP contribution in [0, 0.1) is 5.92 Å². The zero-order valence-corrected chi connectivity index (χ0v) is 18.9. The zero-order chi connectivity index (χ0) is 21.5. The van der Waals surface area contributed by atoms with Gasteiger partial charge in [-0.2, -0.15) is 0 Å². The Labute approximate surface area is 181 Å². The van der Waals surface area contributed by atoms with E-state index in [1.54, 1.807) is 7.11 Å². The van der Waals surface area contributed by atoms with E-state index in [-0.39, 0.29) is 17.9 Å². The van der Waals surface area contributed by atoms with Crippen LogP contribution < -0.4 is 10.1 Å². The van der Waals surface area contributed by atoms with E-state index in [0.717, 1.165) is 44.6 Å². The molecular formula is C26H36N2O2. The van der Waals surface area contributed by atoms with Crippen LogP contribution in [0.25, 0.3) is 0 Å². The van der Waals surface area contributed by atoms with Gasteiger partial charge in [0.1, 0.15) is 5.75 Å². The number of piperidine rings is 1. The fraction of sp³-hybridized carbons (Fsp3) is 0.500. The summed E-state index contributed by atoms with van der Waals surface area (Å²) < 4.78 is 5.39. The Kier molecular flexibility index (Phi) is 7.92. The minimum absolute atomic E-state index is 0.00853. The molecule has 1 aliphatic heterocycles. The lowest BCUT2D eigenvalue weighted by Gasteiger charge is -2.38. The van der Waals surface area contributed by atoms with Crippen molar-refractivity contribution in [3.05, 3.63) is 65.2 Å². The van der Waals surface area contributed by atoms with E-state index in [9.17, 15) is 4.79 Å². The molecule has 0 spiro atoms. The van der Waals surface area contributed by atoms with E-state index in [2.05, 4.69) is 67.4 Å². The molecule has 1 saturated heterocycles. The van der Waals surface area contributed by atoms with E-state index < -0.39 is 0 Å². The summed E-state index contributed by atoms with van der Waals surface area (Å²) in [6, 6.07) is 17.4. The van der Waals surface area contributed by atoms with E-state index in [0.29, 0.717) is 5.92 Å². The average Bonchev–Trinajstić information content (AvgIpc) is 2.78. The van der Waals surface area contributed by atoms with Crippen LogP contribution >= 0.6 is 0 Å². The molecule has 0 aliphatic carbocycles. The van der Waals surface area contributed by atoms with E-state index >= 15 is 0 Å². The molecule has 1 fully saturated rings. The average molecular weight is 409 g/mol. The van der Waals surface area contributed by atoms with Crippen molar-refractivity contribution in [2.45, 2.75) is 58.5 Å². The lowest BCUT2D eigenvalue weighted by atomic mass is 9.83. The number of carbonyl (C=O) groups is 1. The van der Waals surface area contributed by atoms with E-state index in [1.807, 2.05) is 12.1 Å². The molecule has 3 atom stereocenters. The maximum absolute atomic E-state index is 13.0. The molecule has 3 rings (SSSR count). The molecule has 4 heteroatoms. The summed E-state index contributed by atoms with van der Waals surface area (Å²) in [6.07, 6.45) is 2.91. The van der Waals surface area contributed by atoms with Crippen LogP contribution in [0.1, 0.15) is 56.2 Å². The summed E-state index contributed by atoms with van der Waals surface area (Å²) in [6.45, 7) is 8.96. The molecule has 1 heterocycles. The molecule has 0 bridgehead atoms. The van der Waals surface area contributed by atoms with Crippen LogP contribution in [0.15, 0.2) is 48.5 Å². The molecule has 0 saturated carbocycles. The fourth-order valence-electron chi connectivity index (χ4n) is 4.27. The van der Waals surface area contributed by atoms with Gasteiger partial charge in [0, 0.05) is 25.7 Å². The van der Waals surface area contributed by atoms with Crippen LogP contribution in [0.2, 0.25) is 0 Å². The van der Waals surface area contributed by atoms with Crippen LogP contribution in [0.3, 0.4) is 0 Å². The van der Waals surface area contributed by atoms with Gasteiger partial charge in [0.05, 0.1) is 13.0 Å². The third-order valence-corrected chi connectivity index (χ3v) is 6.30. The van der Waals surface area contributed by atoms with Crippen molar-refractivity contribution in [3.8, 4) is 5.75 Å². The quantitative estimate of drug-likeness (QED) is 0.684. The summed E-state index contributed by atoms with van der Waals surface area (Å²) in [4.78, 5) is 15.4. The largest absolute Gasteiger partial charge is 0.497 e. The maximum atomic E-state index is 13.0. The Hall–Kier alpha value is -2.33. The number of hydrogen-bond donors (Lipinski definition) is 1. The first-order valence-electron chi connectivity index (χ1n) is 11.3. The van der Waals surface area contributed by atoms with Gasteiger partial charge < -0.3 is 10.1 Å². The highest BCUT2D eigenvalue weighted by molar-refractivity contribution is 5.79. The number of hydrogen-bond acceptors (Lipinski definition) is 3. The Bertz CT molecular complexity index is 818. The number of likely N-dealkylation sites (tertiary alicyclic amines) is 1. The predicted octanol–water partition coefficient (Wildman–Crippen LogP) is 4.78. The molecule has 2 aromatic carbocycles. The number of ether oxygens (including phenoxy) is 1. The van der Waals surface area contributed by atoms with Crippen LogP contribution in [-0.2, 0) is 17.8 Å². The molecule has 162 valence electrons. The van der Waals surface area contributed by atoms with Gasteiger partial charge in [-0.1, -0.05) is 50.2 Å². The molecular weight excluding hydrogens is 372 g/mol. The van der Waals surface area contributed by atoms with Crippen LogP contribution in [-0.4, -0.2) is 37.0 Å². The number of benzene rings is 2. The van der Waals surface area contributed by atoms with Crippen molar-refractivity contribution in [3.63, 3.8) is 0 Å². The minimum Gasteiger partial charge on any atom is -0.497 e. The zero-order valence-electron chi connectivity index (χ0n) is 18.9. The van der Waals surface area contributed by atoms with Gasteiger partial charge in [0.25, 0.3) is 0 Å². The molecule has 1 amide bonds. The molecule has 30 heavy (non-hydrogen) atoms. The summed E-state index contributed by atoms with van der Waals surface area (Å²) in [5, 5.41) is 3.21. The fourth-order valence-corrected chi connectivity index (χ4v) is 4.27. The second-order valence-electron chi connectivity index (χ2n) is 8.59. The summed E-state index contributed by atoms with van der Waals surface area (Å²) in [7, 11) is 1.70. The normalized spacial score (nSPS) is 20.5. The van der Waals surface area contributed by atoms with E-state index in [1.165, 1.54) is 16.7 Å². The highest BCUT2D eigenvalue weighted by atomic mass is 16.5. The van der Waals surface area contributed by atoms with Crippen molar-refractivity contribution >= 4 is 5.91 Å². The maximum Gasteiger partial charge on any atom is 0.224 e. The highest BCUT2D eigenvalue weighted by Gasteiger charge is 2.32. The van der Waals surface area contributed by atoms with Gasteiger partial charge >= 0.3 is 0 Å². The Morgan fingerprint density at radius 3 is 2.57 bits per heavy atom. The second kappa shape index (κ2) is 10.6. The summed E-state index contributed by atoms with van der Waals surface area (Å²) >= 11 is 0. The standard InChI is InChI=1S/C26H36N2O2/c1-5-19(3)27-26(29)24-15-23(22-12-10-20(6-2)11-13-22)17-28(18-24)16-21-8-7-9-25(14-21)30-4/h7-14,19,23-24H,5-6,15-18H2,1-4H3,(H,27,29). The minimum atomic E-state index is 0.00853. The van der Waals surface area contributed by atoms with Crippen LogP contribution in [0.4, 0.5) is 0 Å². The smallest absolute Gasteiger partial charge is 0.224 e. The summed E-state index contributed by atoms with van der Waals surface area (Å²) in [5.74, 6) is 1.44. The summed E-state index contributed by atoms with van der Waals surface area (Å²) in [5.41, 5.74) is 3.91.